The van der Waals surface area contributed by atoms with Gasteiger partial charge in [0.2, 0.25) is 5.91 Å². The quantitative estimate of drug-likeness (QED) is 0.241. The minimum atomic E-state index is -4.10. The van der Waals surface area contributed by atoms with Crippen molar-refractivity contribution in [1.29, 1.82) is 0 Å². The Bertz CT molecular complexity index is 1630. The number of hydrogen-bond acceptors (Lipinski definition) is 4. The van der Waals surface area contributed by atoms with Crippen molar-refractivity contribution in [3.05, 3.63) is 98.7 Å². The summed E-state index contributed by atoms with van der Waals surface area (Å²) in [6.07, 6.45) is 1.18. The van der Waals surface area contributed by atoms with E-state index in [0.29, 0.717) is 22.9 Å². The monoisotopic (exact) mass is 651 g/mol. The van der Waals surface area contributed by atoms with Gasteiger partial charge in [0.15, 0.2) is 9.84 Å². The summed E-state index contributed by atoms with van der Waals surface area (Å²) in [5.74, 6) is -3.23. The zero-order chi connectivity index (χ0) is 30.4. The third kappa shape index (κ3) is 6.32. The average Bonchev–Trinajstić information content (AvgIpc) is 3.74. The fourth-order valence-electron chi connectivity index (χ4n) is 6.21. The lowest BCUT2D eigenvalue weighted by molar-refractivity contribution is -0.160. The third-order valence-corrected chi connectivity index (χ3v) is 11.0. The number of halogens is 4. The van der Waals surface area contributed by atoms with Gasteiger partial charge in [-0.25, -0.2) is 12.8 Å². The van der Waals surface area contributed by atoms with Gasteiger partial charge in [-0.05, 0) is 78.8 Å². The lowest BCUT2D eigenvalue weighted by Gasteiger charge is -2.52. The number of carboxylic acids is 1. The summed E-state index contributed by atoms with van der Waals surface area (Å²) in [6.45, 7) is 1.63. The van der Waals surface area contributed by atoms with Crippen molar-refractivity contribution in [3.63, 3.8) is 0 Å². The normalized spacial score (nSPS) is 23.5. The predicted molar refractivity (Wildman–Crippen MR) is 160 cm³/mol. The molecule has 1 aliphatic carbocycles. The van der Waals surface area contributed by atoms with Crippen molar-refractivity contribution in [2.75, 3.05) is 5.75 Å². The van der Waals surface area contributed by atoms with Gasteiger partial charge in [-0.15, -0.1) is 0 Å². The number of aliphatic carboxylic acids is 1. The largest absolute Gasteiger partial charge is 0.481 e. The zero-order valence-electron chi connectivity index (χ0n) is 22.6. The number of benzene rings is 3. The first kappa shape index (κ1) is 30.8. The van der Waals surface area contributed by atoms with Gasteiger partial charge in [-0.1, -0.05) is 66.0 Å². The molecule has 1 saturated carbocycles. The average molecular weight is 653 g/mol. The Morgan fingerprint density at radius 2 is 1.71 bits per heavy atom. The second kappa shape index (κ2) is 11.8. The number of carboxylic acid groups (broad SMARTS) is 1. The van der Waals surface area contributed by atoms with Gasteiger partial charge in [0, 0.05) is 22.0 Å². The van der Waals surface area contributed by atoms with Crippen LogP contribution >= 0.6 is 34.8 Å². The van der Waals surface area contributed by atoms with Crippen LogP contribution in [0.25, 0.3) is 0 Å². The molecule has 4 atom stereocenters. The molecule has 222 valence electrons. The first-order valence-electron chi connectivity index (χ1n) is 13.5. The van der Waals surface area contributed by atoms with Crippen molar-refractivity contribution in [2.45, 2.75) is 55.5 Å². The molecule has 11 heteroatoms. The smallest absolute Gasteiger partial charge is 0.304 e. The number of nitrogens with zero attached hydrogens (tertiary/aromatic N) is 1. The van der Waals surface area contributed by atoms with Gasteiger partial charge in [0.25, 0.3) is 0 Å². The number of rotatable bonds is 9. The zero-order valence-corrected chi connectivity index (χ0v) is 25.7. The second-order valence-electron chi connectivity index (χ2n) is 11.5. The number of amides is 1. The Kier molecular flexibility index (Phi) is 8.65. The van der Waals surface area contributed by atoms with Gasteiger partial charge >= 0.3 is 5.97 Å². The molecule has 1 N–H and O–H groups in total. The minimum Gasteiger partial charge on any atom is -0.481 e. The van der Waals surface area contributed by atoms with Crippen LogP contribution in [0.1, 0.15) is 55.7 Å². The Balaban J connectivity index is 1.69. The SMILES string of the molecule is C[C@]1(CC(=O)O)C[C@H](c2cccc(Cl)c2)[C@@H](c2ccc(Cl)cc2)N(C(CS(=O)(=O)c2ccc(F)cc2Cl)C2CC2)C1=O. The van der Waals surface area contributed by atoms with E-state index < -0.39 is 63.1 Å². The highest BCUT2D eigenvalue weighted by atomic mass is 35.5. The summed E-state index contributed by atoms with van der Waals surface area (Å²) >= 11 is 18.8. The molecular weight excluding hydrogens is 624 g/mol. The van der Waals surface area contributed by atoms with E-state index in [1.54, 1.807) is 54.3 Å². The minimum absolute atomic E-state index is 0.134. The maximum Gasteiger partial charge on any atom is 0.304 e. The molecule has 5 rings (SSSR count). The van der Waals surface area contributed by atoms with E-state index in [9.17, 15) is 27.5 Å². The Labute approximate surface area is 259 Å². The Morgan fingerprint density at radius 1 is 1.02 bits per heavy atom. The molecule has 0 radical (unpaired) electrons. The second-order valence-corrected chi connectivity index (χ2v) is 14.7. The van der Waals surface area contributed by atoms with Crippen LogP contribution in [0, 0.1) is 17.2 Å². The highest BCUT2D eigenvalue weighted by molar-refractivity contribution is 7.91. The van der Waals surface area contributed by atoms with Gasteiger partial charge in [-0.2, -0.15) is 0 Å². The molecule has 2 fully saturated rings. The number of likely N-dealkylation sites (tertiary alicyclic amines) is 1. The van der Waals surface area contributed by atoms with Crippen LogP contribution < -0.4 is 0 Å². The molecule has 42 heavy (non-hydrogen) atoms. The van der Waals surface area contributed by atoms with Gasteiger partial charge < -0.3 is 10.0 Å². The fraction of sp³-hybridized carbons (Fsp3) is 0.355. The molecule has 1 saturated heterocycles. The van der Waals surface area contributed by atoms with E-state index in [4.69, 9.17) is 34.8 Å². The number of hydrogen-bond donors (Lipinski definition) is 1. The molecule has 0 aromatic heterocycles. The number of carbonyl (C=O) groups excluding carboxylic acids is 1. The molecule has 1 aliphatic heterocycles. The first-order chi connectivity index (χ1) is 19.8. The van der Waals surface area contributed by atoms with Crippen molar-refractivity contribution < 1.29 is 27.5 Å². The molecule has 0 bridgehead atoms. The molecule has 3 aromatic rings. The Hall–Kier alpha value is -2.65. The predicted octanol–water partition coefficient (Wildman–Crippen LogP) is 7.58. The maximum atomic E-state index is 14.5. The van der Waals surface area contributed by atoms with Gasteiger partial charge in [-0.3, -0.25) is 9.59 Å². The number of carbonyl (C=O) groups is 2. The summed E-state index contributed by atoms with van der Waals surface area (Å²) in [6, 6.07) is 15.9. The van der Waals surface area contributed by atoms with E-state index in [1.165, 1.54) is 0 Å². The van der Waals surface area contributed by atoms with Crippen molar-refractivity contribution in [2.24, 2.45) is 11.3 Å². The summed E-state index contributed by atoms with van der Waals surface area (Å²) in [5, 5.41) is 10.6. The third-order valence-electron chi connectivity index (χ3n) is 8.27. The van der Waals surface area contributed by atoms with Crippen molar-refractivity contribution in [1.82, 2.24) is 4.90 Å². The lowest BCUT2D eigenvalue weighted by atomic mass is 9.67. The van der Waals surface area contributed by atoms with Crippen LogP contribution in [0.3, 0.4) is 0 Å². The maximum absolute atomic E-state index is 14.5. The highest BCUT2D eigenvalue weighted by Gasteiger charge is 2.55. The summed E-state index contributed by atoms with van der Waals surface area (Å²) < 4.78 is 41.4. The van der Waals surface area contributed by atoms with E-state index in [0.717, 1.165) is 29.3 Å². The molecule has 6 nitrogen and oxygen atoms in total. The molecule has 0 spiro atoms. The van der Waals surface area contributed by atoms with E-state index >= 15 is 0 Å². The van der Waals surface area contributed by atoms with Crippen molar-refractivity contribution in [3.8, 4) is 0 Å². The summed E-state index contributed by atoms with van der Waals surface area (Å²) in [4.78, 5) is 28.0. The van der Waals surface area contributed by atoms with Crippen LogP contribution in [0.5, 0.6) is 0 Å². The number of piperidine rings is 1. The fourth-order valence-corrected chi connectivity index (χ4v) is 8.75. The topological polar surface area (TPSA) is 91.8 Å². The van der Waals surface area contributed by atoms with Crippen LogP contribution in [0.15, 0.2) is 71.6 Å². The van der Waals surface area contributed by atoms with Crippen LogP contribution in [0.4, 0.5) is 4.39 Å². The molecule has 1 heterocycles. The van der Waals surface area contributed by atoms with Crippen molar-refractivity contribution >= 4 is 56.5 Å². The van der Waals surface area contributed by atoms with Gasteiger partial charge in [0.05, 0.1) is 33.5 Å². The highest BCUT2D eigenvalue weighted by Crippen LogP contribution is 2.54. The van der Waals surface area contributed by atoms with E-state index in [1.807, 2.05) is 6.07 Å². The Morgan fingerprint density at radius 3 is 2.31 bits per heavy atom. The van der Waals surface area contributed by atoms with Crippen LogP contribution in [0.2, 0.25) is 15.1 Å². The van der Waals surface area contributed by atoms with E-state index in [2.05, 4.69) is 0 Å². The molecule has 1 amide bonds. The van der Waals surface area contributed by atoms with E-state index in [-0.39, 0.29) is 22.3 Å². The standard InChI is InChI=1S/C31H29Cl3FNO5S/c1-31(16-28(37)38)15-24(20-3-2-4-22(33)13-20)29(19-7-9-21(32)10-8-19)36(30(31)39)26(18-5-6-18)17-42(40,41)27-12-11-23(35)14-25(27)34/h2-4,7-14,18,24,26,29H,5-6,15-17H2,1H3,(H,37,38)/t24-,26?,29-,31-/m1/s1. The van der Waals surface area contributed by atoms with Crippen LogP contribution in [-0.2, 0) is 19.4 Å². The lowest BCUT2D eigenvalue weighted by Crippen LogP contribution is -2.58. The number of sulfone groups is 1. The first-order valence-corrected chi connectivity index (χ1v) is 16.3. The molecule has 2 aliphatic rings. The molecular formula is C31H29Cl3FNO5S. The summed E-state index contributed by atoms with van der Waals surface area (Å²) in [5.41, 5.74) is 0.208. The van der Waals surface area contributed by atoms with Gasteiger partial charge in [0.1, 0.15) is 5.82 Å². The molecule has 3 aromatic carbocycles. The summed E-state index contributed by atoms with van der Waals surface area (Å²) in [7, 11) is -4.10. The molecule has 1 unspecified atom stereocenters. The van der Waals surface area contributed by atoms with Crippen LogP contribution in [-0.4, -0.2) is 42.1 Å².